The van der Waals surface area contributed by atoms with Crippen LogP contribution in [0.4, 0.5) is 0 Å². The fourth-order valence-electron chi connectivity index (χ4n) is 1.76. The van der Waals surface area contributed by atoms with Crippen molar-refractivity contribution < 1.29 is 19.3 Å². The summed E-state index contributed by atoms with van der Waals surface area (Å²) in [5.41, 5.74) is 1.09. The summed E-state index contributed by atoms with van der Waals surface area (Å²) in [6.45, 7) is 3.80. The molecule has 0 aliphatic carbocycles. The third kappa shape index (κ3) is 6.75. The smallest absolute Gasteiger partial charge is 0.160 e. The van der Waals surface area contributed by atoms with Gasteiger partial charge in [-0.1, -0.05) is 6.07 Å². The van der Waals surface area contributed by atoms with Gasteiger partial charge in [0.05, 0.1) is 20.3 Å². The highest BCUT2D eigenvalue weighted by Crippen LogP contribution is 2.26. The average molecular weight is 283 g/mol. The summed E-state index contributed by atoms with van der Waals surface area (Å²) in [7, 11) is 3.22. The Labute approximate surface area is 120 Å². The number of methoxy groups -OCH3 is 2. The Morgan fingerprint density at radius 1 is 1.10 bits per heavy atom. The van der Waals surface area contributed by atoms with Crippen molar-refractivity contribution >= 4 is 0 Å². The van der Waals surface area contributed by atoms with Gasteiger partial charge in [0.1, 0.15) is 0 Å². The van der Waals surface area contributed by atoms with Crippen molar-refractivity contribution in [3.05, 3.63) is 23.8 Å². The molecule has 5 heteroatoms. The fraction of sp³-hybridized carbons (Fsp3) is 0.600. The lowest BCUT2D eigenvalue weighted by atomic mass is 10.2. The number of unbranched alkanes of at least 4 members (excludes halogenated alkanes) is 1. The van der Waals surface area contributed by atoms with Crippen LogP contribution < -0.4 is 10.1 Å². The first-order chi connectivity index (χ1) is 9.77. The highest BCUT2D eigenvalue weighted by molar-refractivity contribution is 5.41. The van der Waals surface area contributed by atoms with Gasteiger partial charge in [-0.2, -0.15) is 0 Å². The van der Waals surface area contributed by atoms with Crippen molar-refractivity contribution in [1.29, 1.82) is 0 Å². The van der Waals surface area contributed by atoms with Crippen molar-refractivity contribution in [3.8, 4) is 11.5 Å². The van der Waals surface area contributed by atoms with E-state index in [9.17, 15) is 5.11 Å². The molecule has 1 aromatic carbocycles. The number of ether oxygens (including phenoxy) is 3. The first kappa shape index (κ1) is 16.8. The van der Waals surface area contributed by atoms with Crippen molar-refractivity contribution in [2.45, 2.75) is 19.4 Å². The normalized spacial score (nSPS) is 10.7. The second-order valence-electron chi connectivity index (χ2n) is 4.50. The van der Waals surface area contributed by atoms with Gasteiger partial charge in [-0.25, -0.2) is 0 Å². The van der Waals surface area contributed by atoms with Gasteiger partial charge >= 0.3 is 0 Å². The summed E-state index contributed by atoms with van der Waals surface area (Å²) in [5.74, 6) is 0.681. The molecule has 0 amide bonds. The van der Waals surface area contributed by atoms with Crippen LogP contribution in [-0.2, 0) is 16.0 Å². The Bertz CT molecular complexity index is 371. The average Bonchev–Trinajstić information content (AvgIpc) is 2.47. The minimum absolute atomic E-state index is 0.171. The Kier molecular flexibility index (Phi) is 8.78. The van der Waals surface area contributed by atoms with Crippen LogP contribution in [0.25, 0.3) is 0 Å². The Morgan fingerprint density at radius 3 is 2.70 bits per heavy atom. The van der Waals surface area contributed by atoms with Crippen LogP contribution in [0.15, 0.2) is 18.2 Å². The van der Waals surface area contributed by atoms with E-state index in [0.717, 1.165) is 38.1 Å². The zero-order valence-electron chi connectivity index (χ0n) is 12.4. The largest absolute Gasteiger partial charge is 0.504 e. The first-order valence-electron chi connectivity index (χ1n) is 6.91. The molecule has 1 rings (SSSR count). The monoisotopic (exact) mass is 283 g/mol. The molecule has 0 aliphatic rings. The van der Waals surface area contributed by atoms with Gasteiger partial charge in [-0.15, -0.1) is 0 Å². The Balaban J connectivity index is 2.06. The summed E-state index contributed by atoms with van der Waals surface area (Å²) < 4.78 is 15.4. The van der Waals surface area contributed by atoms with Gasteiger partial charge < -0.3 is 24.6 Å². The Hall–Kier alpha value is -1.30. The lowest BCUT2D eigenvalue weighted by Gasteiger charge is -2.08. The maximum atomic E-state index is 9.50. The summed E-state index contributed by atoms with van der Waals surface area (Å²) in [6.07, 6.45) is 2.11. The van der Waals surface area contributed by atoms with E-state index in [1.807, 2.05) is 12.1 Å². The molecule has 5 nitrogen and oxygen atoms in total. The van der Waals surface area contributed by atoms with Crippen molar-refractivity contribution in [2.75, 3.05) is 40.6 Å². The molecule has 0 atom stereocenters. The van der Waals surface area contributed by atoms with E-state index in [1.165, 1.54) is 0 Å². The SMILES string of the molecule is COCCOCCCCNCc1ccc(O)c(OC)c1. The number of hydrogen-bond donors (Lipinski definition) is 2. The summed E-state index contributed by atoms with van der Waals surface area (Å²) in [5, 5.41) is 12.9. The third-order valence-corrected chi connectivity index (χ3v) is 2.90. The molecular weight excluding hydrogens is 258 g/mol. The van der Waals surface area contributed by atoms with E-state index >= 15 is 0 Å². The molecule has 0 unspecified atom stereocenters. The molecular formula is C15H25NO4. The van der Waals surface area contributed by atoms with Gasteiger partial charge in [-0.3, -0.25) is 0 Å². The van der Waals surface area contributed by atoms with Crippen LogP contribution in [-0.4, -0.2) is 45.7 Å². The minimum atomic E-state index is 0.171. The molecule has 20 heavy (non-hydrogen) atoms. The summed E-state index contributed by atoms with van der Waals surface area (Å²) >= 11 is 0. The predicted molar refractivity (Wildman–Crippen MR) is 78.3 cm³/mol. The van der Waals surface area contributed by atoms with Crippen LogP contribution in [0.2, 0.25) is 0 Å². The minimum Gasteiger partial charge on any atom is -0.504 e. The molecule has 1 aromatic rings. The molecule has 0 radical (unpaired) electrons. The van der Waals surface area contributed by atoms with Crippen molar-refractivity contribution in [3.63, 3.8) is 0 Å². The number of rotatable bonds is 11. The van der Waals surface area contributed by atoms with Gasteiger partial charge in [0.25, 0.3) is 0 Å². The number of hydrogen-bond acceptors (Lipinski definition) is 5. The molecule has 0 saturated heterocycles. The lowest BCUT2D eigenvalue weighted by molar-refractivity contribution is 0.0688. The fourth-order valence-corrected chi connectivity index (χ4v) is 1.76. The van der Waals surface area contributed by atoms with Gasteiger partial charge in [0.2, 0.25) is 0 Å². The van der Waals surface area contributed by atoms with Crippen LogP contribution in [0.5, 0.6) is 11.5 Å². The summed E-state index contributed by atoms with van der Waals surface area (Å²) in [6, 6.07) is 5.38. The van der Waals surface area contributed by atoms with Crippen molar-refractivity contribution in [1.82, 2.24) is 5.32 Å². The maximum absolute atomic E-state index is 9.50. The number of aromatic hydroxyl groups is 1. The first-order valence-corrected chi connectivity index (χ1v) is 6.91. The van der Waals surface area contributed by atoms with E-state index in [0.29, 0.717) is 19.0 Å². The zero-order chi connectivity index (χ0) is 14.6. The molecule has 0 spiro atoms. The van der Waals surface area contributed by atoms with Gasteiger partial charge in [-0.05, 0) is 37.1 Å². The van der Waals surface area contributed by atoms with Crippen LogP contribution in [0.3, 0.4) is 0 Å². The third-order valence-electron chi connectivity index (χ3n) is 2.90. The van der Waals surface area contributed by atoms with E-state index in [1.54, 1.807) is 20.3 Å². The molecule has 114 valence electrons. The number of benzene rings is 1. The van der Waals surface area contributed by atoms with Crippen molar-refractivity contribution in [2.24, 2.45) is 0 Å². The van der Waals surface area contributed by atoms with E-state index in [4.69, 9.17) is 14.2 Å². The second-order valence-corrected chi connectivity index (χ2v) is 4.50. The molecule has 2 N–H and O–H groups in total. The molecule has 0 saturated carbocycles. The Morgan fingerprint density at radius 2 is 1.95 bits per heavy atom. The van der Waals surface area contributed by atoms with Crippen LogP contribution in [0, 0.1) is 0 Å². The highest BCUT2D eigenvalue weighted by Gasteiger charge is 2.02. The topological polar surface area (TPSA) is 60.0 Å². The maximum Gasteiger partial charge on any atom is 0.160 e. The van der Waals surface area contributed by atoms with E-state index in [2.05, 4.69) is 5.32 Å². The molecule has 0 aromatic heterocycles. The number of phenolic OH excluding ortho intramolecular Hbond substituents is 1. The lowest BCUT2D eigenvalue weighted by Crippen LogP contribution is -2.15. The number of phenols is 1. The summed E-state index contributed by atoms with van der Waals surface area (Å²) in [4.78, 5) is 0. The van der Waals surface area contributed by atoms with Crippen LogP contribution >= 0.6 is 0 Å². The molecule has 0 aliphatic heterocycles. The quantitative estimate of drug-likeness (QED) is 0.608. The molecule has 0 heterocycles. The zero-order valence-corrected chi connectivity index (χ0v) is 12.4. The van der Waals surface area contributed by atoms with E-state index in [-0.39, 0.29) is 5.75 Å². The molecule has 0 bridgehead atoms. The van der Waals surface area contributed by atoms with E-state index < -0.39 is 0 Å². The standard InChI is InChI=1S/C15H25NO4/c1-18-9-10-20-8-4-3-7-16-12-13-5-6-14(17)15(11-13)19-2/h5-6,11,16-17H,3-4,7-10,12H2,1-2H3. The predicted octanol–water partition coefficient (Wildman–Crippen LogP) is 1.93. The van der Waals surface area contributed by atoms with Gasteiger partial charge in [0, 0.05) is 20.3 Å². The second kappa shape index (κ2) is 10.5. The van der Waals surface area contributed by atoms with Gasteiger partial charge in [0.15, 0.2) is 11.5 Å². The van der Waals surface area contributed by atoms with Crippen LogP contribution in [0.1, 0.15) is 18.4 Å². The molecule has 0 fully saturated rings. The number of nitrogens with one attached hydrogen (secondary N) is 1. The highest BCUT2D eigenvalue weighted by atomic mass is 16.5.